The summed E-state index contributed by atoms with van der Waals surface area (Å²) < 4.78 is 61.5. The number of piperidine rings is 1. The number of rotatable bonds is 4. The number of ether oxygens (including phenoxy) is 1. The van der Waals surface area contributed by atoms with E-state index in [9.17, 15) is 27.9 Å². The SMILES string of the molecule is CCOC(=O)c1cn(C)c2cnc3cc(F)c(N4CCC(O)(c5cccc(C(F)(F)F)c5)CC4)cc3c2c1=O. The van der Waals surface area contributed by atoms with Crippen molar-refractivity contribution in [2.24, 2.45) is 7.05 Å². The molecule has 0 atom stereocenters. The van der Waals surface area contributed by atoms with E-state index in [1.165, 1.54) is 36.7 Å². The van der Waals surface area contributed by atoms with E-state index in [1.54, 1.807) is 23.4 Å². The molecule has 1 fully saturated rings. The Labute approximate surface area is 220 Å². The summed E-state index contributed by atoms with van der Waals surface area (Å²) in [6.07, 6.45) is -1.60. The molecular formula is C28H25F4N3O4. The molecule has 1 aliphatic rings. The largest absolute Gasteiger partial charge is 0.462 e. The van der Waals surface area contributed by atoms with Gasteiger partial charge in [-0.1, -0.05) is 12.1 Å². The molecule has 1 aliphatic heterocycles. The van der Waals surface area contributed by atoms with Crippen molar-refractivity contribution in [1.29, 1.82) is 0 Å². The summed E-state index contributed by atoms with van der Waals surface area (Å²) in [5.74, 6) is -1.37. The van der Waals surface area contributed by atoms with Gasteiger partial charge in [-0.3, -0.25) is 9.78 Å². The minimum absolute atomic E-state index is 0.0638. The summed E-state index contributed by atoms with van der Waals surface area (Å²) >= 11 is 0. The molecule has 0 radical (unpaired) electrons. The third-order valence-electron chi connectivity index (χ3n) is 7.24. The van der Waals surface area contributed by atoms with Gasteiger partial charge in [0.05, 0.1) is 46.1 Å². The molecule has 2 aromatic carbocycles. The van der Waals surface area contributed by atoms with Gasteiger partial charge in [-0.15, -0.1) is 0 Å². The molecule has 0 spiro atoms. The van der Waals surface area contributed by atoms with Crippen LogP contribution in [0.15, 0.2) is 53.6 Å². The predicted octanol–water partition coefficient (Wildman–Crippen LogP) is 4.91. The van der Waals surface area contributed by atoms with Crippen LogP contribution in [-0.2, 0) is 23.6 Å². The molecule has 3 heterocycles. The highest BCUT2D eigenvalue weighted by atomic mass is 19.4. The van der Waals surface area contributed by atoms with Crippen LogP contribution >= 0.6 is 0 Å². The van der Waals surface area contributed by atoms with Crippen LogP contribution in [0.25, 0.3) is 21.8 Å². The van der Waals surface area contributed by atoms with Crippen molar-refractivity contribution in [2.75, 3.05) is 24.6 Å². The first-order valence-corrected chi connectivity index (χ1v) is 12.4. The number of carbonyl (C=O) groups excluding carboxylic acids is 1. The molecule has 0 saturated carbocycles. The first-order valence-electron chi connectivity index (χ1n) is 12.4. The second kappa shape index (κ2) is 9.64. The van der Waals surface area contributed by atoms with Crippen LogP contribution in [0.3, 0.4) is 0 Å². The molecule has 5 rings (SSSR count). The standard InChI is InChI=1S/C28H25F4N3O4/c1-3-39-26(37)19-15-34(2)23-14-33-21-13-20(29)22(12-18(21)24(23)25(19)36)35-9-7-27(38,8-10-35)16-5-4-6-17(11-16)28(30,31)32/h4-6,11-15,38H,3,7-10H2,1-2H3. The van der Waals surface area contributed by atoms with E-state index in [1.807, 2.05) is 0 Å². The van der Waals surface area contributed by atoms with Crippen molar-refractivity contribution < 1.29 is 32.2 Å². The van der Waals surface area contributed by atoms with Crippen LogP contribution in [0.1, 0.15) is 41.3 Å². The molecule has 1 saturated heterocycles. The van der Waals surface area contributed by atoms with Crippen LogP contribution in [0.5, 0.6) is 0 Å². The first-order chi connectivity index (χ1) is 18.4. The van der Waals surface area contributed by atoms with E-state index in [0.29, 0.717) is 10.9 Å². The van der Waals surface area contributed by atoms with Crippen LogP contribution in [0.4, 0.5) is 23.2 Å². The highest BCUT2D eigenvalue weighted by Gasteiger charge is 2.37. The maximum absolute atomic E-state index is 15.3. The summed E-state index contributed by atoms with van der Waals surface area (Å²) in [5, 5.41) is 11.7. The zero-order valence-electron chi connectivity index (χ0n) is 21.2. The van der Waals surface area contributed by atoms with Gasteiger partial charge in [0.2, 0.25) is 5.43 Å². The zero-order valence-corrected chi connectivity index (χ0v) is 21.2. The summed E-state index contributed by atoms with van der Waals surface area (Å²) in [6.45, 7) is 2.03. The molecule has 2 aromatic heterocycles. The van der Waals surface area contributed by atoms with Crippen molar-refractivity contribution in [2.45, 2.75) is 31.5 Å². The Morgan fingerprint density at radius 2 is 1.90 bits per heavy atom. The second-order valence-corrected chi connectivity index (χ2v) is 9.64. The number of nitrogens with zero attached hydrogens (tertiary/aromatic N) is 3. The number of halogens is 4. The number of benzene rings is 2. The molecule has 4 aromatic rings. The number of aryl methyl sites for hydroxylation is 1. The van der Waals surface area contributed by atoms with E-state index < -0.39 is 34.6 Å². The van der Waals surface area contributed by atoms with E-state index >= 15 is 4.39 Å². The Hall–Kier alpha value is -3.99. The summed E-state index contributed by atoms with van der Waals surface area (Å²) in [6, 6.07) is 7.30. The van der Waals surface area contributed by atoms with Crippen molar-refractivity contribution >= 4 is 33.5 Å². The lowest BCUT2D eigenvalue weighted by Crippen LogP contribution is -2.43. The Bertz CT molecular complexity index is 1660. The lowest BCUT2D eigenvalue weighted by atomic mass is 9.83. The van der Waals surface area contributed by atoms with Crippen LogP contribution in [-0.4, -0.2) is 40.3 Å². The average molecular weight is 544 g/mol. The third kappa shape index (κ3) is 4.71. The monoisotopic (exact) mass is 543 g/mol. The molecule has 0 bridgehead atoms. The molecule has 0 aliphatic carbocycles. The third-order valence-corrected chi connectivity index (χ3v) is 7.24. The van der Waals surface area contributed by atoms with Gasteiger partial charge in [0.15, 0.2) is 0 Å². The van der Waals surface area contributed by atoms with Crippen molar-refractivity contribution in [3.05, 3.63) is 81.5 Å². The number of hydrogen-bond acceptors (Lipinski definition) is 6. The fraction of sp³-hybridized carbons (Fsp3) is 0.321. The van der Waals surface area contributed by atoms with Gasteiger partial charge >= 0.3 is 12.1 Å². The summed E-state index contributed by atoms with van der Waals surface area (Å²) in [4.78, 5) is 31.7. The van der Waals surface area contributed by atoms with Gasteiger partial charge in [0, 0.05) is 37.8 Å². The Morgan fingerprint density at radius 1 is 1.18 bits per heavy atom. The zero-order chi connectivity index (χ0) is 28.1. The number of aromatic nitrogens is 2. The van der Waals surface area contributed by atoms with E-state index in [4.69, 9.17) is 4.74 Å². The smallest absolute Gasteiger partial charge is 0.416 e. The summed E-state index contributed by atoms with van der Waals surface area (Å²) in [7, 11) is 1.65. The molecule has 39 heavy (non-hydrogen) atoms. The predicted molar refractivity (Wildman–Crippen MR) is 137 cm³/mol. The Kier molecular flexibility index (Phi) is 6.58. The molecule has 7 nitrogen and oxygen atoms in total. The maximum atomic E-state index is 15.3. The number of fused-ring (bicyclic) bond motifs is 3. The quantitative estimate of drug-likeness (QED) is 0.224. The molecular weight excluding hydrogens is 518 g/mol. The fourth-order valence-corrected chi connectivity index (χ4v) is 5.14. The number of hydrogen-bond donors (Lipinski definition) is 1. The minimum atomic E-state index is -4.54. The van der Waals surface area contributed by atoms with Gasteiger partial charge < -0.3 is 19.3 Å². The highest BCUT2D eigenvalue weighted by Crippen LogP contribution is 2.39. The number of alkyl halides is 3. The van der Waals surface area contributed by atoms with Crippen LogP contribution < -0.4 is 10.3 Å². The molecule has 204 valence electrons. The number of esters is 1. The van der Waals surface area contributed by atoms with Crippen molar-refractivity contribution in [3.8, 4) is 0 Å². The molecule has 11 heteroatoms. The molecule has 1 N–H and O–H groups in total. The van der Waals surface area contributed by atoms with E-state index in [2.05, 4.69) is 4.98 Å². The summed E-state index contributed by atoms with van der Waals surface area (Å²) in [5.41, 5.74) is -2.11. The van der Waals surface area contributed by atoms with Gasteiger partial charge in [-0.25, -0.2) is 9.18 Å². The van der Waals surface area contributed by atoms with Gasteiger partial charge in [0.25, 0.3) is 0 Å². The van der Waals surface area contributed by atoms with Crippen molar-refractivity contribution in [1.82, 2.24) is 9.55 Å². The normalized spacial score (nSPS) is 15.6. The van der Waals surface area contributed by atoms with Crippen LogP contribution in [0, 0.1) is 5.82 Å². The topological polar surface area (TPSA) is 84.7 Å². The minimum Gasteiger partial charge on any atom is -0.462 e. The lowest BCUT2D eigenvalue weighted by molar-refractivity contribution is -0.137. The van der Waals surface area contributed by atoms with Gasteiger partial charge in [-0.05, 0) is 43.5 Å². The van der Waals surface area contributed by atoms with Gasteiger partial charge in [0.1, 0.15) is 11.4 Å². The highest BCUT2D eigenvalue weighted by molar-refractivity contribution is 6.07. The van der Waals surface area contributed by atoms with Gasteiger partial charge in [-0.2, -0.15) is 13.2 Å². The fourth-order valence-electron chi connectivity index (χ4n) is 5.14. The van der Waals surface area contributed by atoms with E-state index in [0.717, 1.165) is 12.1 Å². The molecule has 0 unspecified atom stereocenters. The maximum Gasteiger partial charge on any atom is 0.416 e. The Balaban J connectivity index is 1.53. The number of carbonyl (C=O) groups is 1. The first kappa shape index (κ1) is 26.6. The second-order valence-electron chi connectivity index (χ2n) is 9.64. The molecule has 0 amide bonds. The van der Waals surface area contributed by atoms with E-state index in [-0.39, 0.29) is 60.3 Å². The number of aliphatic hydroxyl groups is 1. The number of pyridine rings is 2. The lowest BCUT2D eigenvalue weighted by Gasteiger charge is -2.40. The van der Waals surface area contributed by atoms with Crippen LogP contribution in [0.2, 0.25) is 0 Å². The average Bonchev–Trinajstić information content (AvgIpc) is 2.90. The Morgan fingerprint density at radius 3 is 2.56 bits per heavy atom. The van der Waals surface area contributed by atoms with Crippen molar-refractivity contribution in [3.63, 3.8) is 0 Å². The number of anilines is 1.